The molecule has 1 aromatic carbocycles. The molecule has 0 amide bonds. The number of methoxy groups -OCH3 is 1. The second kappa shape index (κ2) is 4.74. The van der Waals surface area contributed by atoms with E-state index in [1.165, 1.54) is 0 Å². The molecule has 0 aliphatic rings. The summed E-state index contributed by atoms with van der Waals surface area (Å²) < 4.78 is 6.26. The molecule has 3 aromatic rings. The highest BCUT2D eigenvalue weighted by molar-refractivity contribution is 7.22. The molecule has 0 saturated heterocycles. The summed E-state index contributed by atoms with van der Waals surface area (Å²) in [6, 6.07) is 9.42. The van der Waals surface area contributed by atoms with Crippen molar-refractivity contribution in [2.45, 2.75) is 0 Å². The molecular weight excluding hydrogens is 260 g/mol. The Kier molecular flexibility index (Phi) is 2.92. The van der Waals surface area contributed by atoms with E-state index in [0.717, 1.165) is 26.9 Å². The molecule has 0 atom stereocenters. The molecule has 96 valence electrons. The zero-order valence-electron chi connectivity index (χ0n) is 10.3. The van der Waals surface area contributed by atoms with Gasteiger partial charge in [-0.15, -0.1) is 0 Å². The Morgan fingerprint density at radius 1 is 1.26 bits per heavy atom. The highest BCUT2D eigenvalue weighted by atomic mass is 32.1. The number of rotatable bonds is 3. The largest absolute Gasteiger partial charge is 0.497 e. The Balaban J connectivity index is 1.90. The van der Waals surface area contributed by atoms with Crippen molar-refractivity contribution in [1.82, 2.24) is 9.97 Å². The zero-order valence-corrected chi connectivity index (χ0v) is 11.1. The van der Waals surface area contributed by atoms with Crippen molar-refractivity contribution in [3.05, 3.63) is 36.5 Å². The summed E-state index contributed by atoms with van der Waals surface area (Å²) in [5.74, 6) is 1.55. The molecule has 0 unspecified atom stereocenters. The van der Waals surface area contributed by atoms with Crippen LogP contribution in [0.25, 0.3) is 10.2 Å². The maximum absolute atomic E-state index is 5.60. The summed E-state index contributed by atoms with van der Waals surface area (Å²) in [6.07, 6.45) is 1.61. The van der Waals surface area contributed by atoms with Crippen LogP contribution in [-0.2, 0) is 0 Å². The Hall–Kier alpha value is -2.34. The van der Waals surface area contributed by atoms with Crippen molar-refractivity contribution < 1.29 is 4.74 Å². The van der Waals surface area contributed by atoms with Crippen molar-refractivity contribution in [3.63, 3.8) is 0 Å². The summed E-state index contributed by atoms with van der Waals surface area (Å²) >= 11 is 1.55. The number of nitrogens with one attached hydrogen (secondary N) is 1. The minimum atomic E-state index is 0.639. The Labute approximate surface area is 114 Å². The number of benzene rings is 1. The maximum atomic E-state index is 5.60. The lowest BCUT2D eigenvalue weighted by Gasteiger charge is -2.00. The van der Waals surface area contributed by atoms with Gasteiger partial charge in [-0.05, 0) is 30.3 Å². The molecule has 0 fully saturated rings. The molecule has 19 heavy (non-hydrogen) atoms. The number of fused-ring (bicyclic) bond motifs is 1. The van der Waals surface area contributed by atoms with Crippen molar-refractivity contribution >= 4 is 38.2 Å². The average molecular weight is 272 g/mol. The number of pyridine rings is 1. The standard InChI is InChI=1S/C13H12N4OS/c1-18-9-3-4-10-11(6-9)19-13(16-10)17-12-5-2-8(14)7-15-12/h2-7H,14H2,1H3,(H,15,16,17). The number of hydrogen-bond acceptors (Lipinski definition) is 6. The molecule has 0 aliphatic carbocycles. The smallest absolute Gasteiger partial charge is 0.189 e. The predicted octanol–water partition coefficient (Wildman–Crippen LogP) is 3.03. The first-order valence-corrected chi connectivity index (χ1v) is 6.49. The summed E-state index contributed by atoms with van der Waals surface area (Å²) in [5, 5.41) is 3.95. The van der Waals surface area contributed by atoms with E-state index in [4.69, 9.17) is 10.5 Å². The lowest BCUT2D eigenvalue weighted by Crippen LogP contribution is -1.93. The highest BCUT2D eigenvalue weighted by Gasteiger charge is 2.05. The van der Waals surface area contributed by atoms with Gasteiger partial charge in [0.15, 0.2) is 5.13 Å². The van der Waals surface area contributed by atoms with Crippen LogP contribution in [0.15, 0.2) is 36.5 Å². The summed E-state index contributed by atoms with van der Waals surface area (Å²) in [4.78, 5) is 8.67. The van der Waals surface area contributed by atoms with Crippen LogP contribution >= 0.6 is 11.3 Å². The van der Waals surface area contributed by atoms with Crippen LogP contribution in [0.5, 0.6) is 5.75 Å². The van der Waals surface area contributed by atoms with Crippen molar-refractivity contribution in [2.24, 2.45) is 0 Å². The molecule has 0 spiro atoms. The number of ether oxygens (including phenoxy) is 1. The van der Waals surface area contributed by atoms with E-state index in [9.17, 15) is 0 Å². The summed E-state index contributed by atoms with van der Waals surface area (Å²) in [7, 11) is 1.65. The van der Waals surface area contributed by atoms with Crippen LogP contribution in [-0.4, -0.2) is 17.1 Å². The summed E-state index contributed by atoms with van der Waals surface area (Å²) in [5.41, 5.74) is 7.17. The van der Waals surface area contributed by atoms with Crippen LogP contribution in [0.1, 0.15) is 0 Å². The normalized spacial score (nSPS) is 10.6. The number of anilines is 3. The van der Waals surface area contributed by atoms with Crippen LogP contribution in [0, 0.1) is 0 Å². The second-order valence-electron chi connectivity index (χ2n) is 3.95. The Morgan fingerprint density at radius 2 is 2.16 bits per heavy atom. The monoisotopic (exact) mass is 272 g/mol. The first kappa shape index (κ1) is 11.7. The average Bonchev–Trinajstić information content (AvgIpc) is 2.82. The molecule has 0 aliphatic heterocycles. The number of aromatic nitrogens is 2. The molecule has 2 heterocycles. The number of hydrogen-bond donors (Lipinski definition) is 2. The fourth-order valence-corrected chi connectivity index (χ4v) is 2.58. The third-order valence-electron chi connectivity index (χ3n) is 2.62. The minimum Gasteiger partial charge on any atom is -0.497 e. The Bertz CT molecular complexity index is 708. The van der Waals surface area contributed by atoms with E-state index >= 15 is 0 Å². The summed E-state index contributed by atoms with van der Waals surface area (Å²) in [6.45, 7) is 0. The third-order valence-corrected chi connectivity index (χ3v) is 3.55. The molecule has 2 aromatic heterocycles. The molecule has 0 radical (unpaired) electrons. The van der Waals surface area contributed by atoms with Gasteiger partial charge >= 0.3 is 0 Å². The van der Waals surface area contributed by atoms with Gasteiger partial charge in [0, 0.05) is 0 Å². The molecule has 6 heteroatoms. The van der Waals surface area contributed by atoms with E-state index in [1.807, 2.05) is 24.3 Å². The predicted molar refractivity (Wildman–Crippen MR) is 78.1 cm³/mol. The molecule has 3 rings (SSSR count). The number of nitrogen functional groups attached to an aromatic ring is 1. The second-order valence-corrected chi connectivity index (χ2v) is 4.99. The van der Waals surface area contributed by atoms with Gasteiger partial charge in [0.05, 0.1) is 29.2 Å². The SMILES string of the molecule is COc1ccc2nc(Nc3ccc(N)cn3)sc2c1. The van der Waals surface area contributed by atoms with Gasteiger partial charge in [-0.2, -0.15) is 0 Å². The highest BCUT2D eigenvalue weighted by Crippen LogP contribution is 2.30. The van der Waals surface area contributed by atoms with Gasteiger partial charge < -0.3 is 15.8 Å². The van der Waals surface area contributed by atoms with Gasteiger partial charge in [-0.3, -0.25) is 0 Å². The van der Waals surface area contributed by atoms with Crippen molar-refractivity contribution in [1.29, 1.82) is 0 Å². The quantitative estimate of drug-likeness (QED) is 0.766. The van der Waals surface area contributed by atoms with Crippen LogP contribution in [0.4, 0.5) is 16.6 Å². The maximum Gasteiger partial charge on any atom is 0.189 e. The fourth-order valence-electron chi connectivity index (χ4n) is 1.67. The first-order valence-electron chi connectivity index (χ1n) is 5.68. The van der Waals surface area contributed by atoms with Crippen LogP contribution in [0.3, 0.4) is 0 Å². The van der Waals surface area contributed by atoms with Gasteiger partial charge in [-0.1, -0.05) is 11.3 Å². The van der Waals surface area contributed by atoms with E-state index in [-0.39, 0.29) is 0 Å². The molecule has 5 nitrogen and oxygen atoms in total. The Morgan fingerprint density at radius 3 is 2.89 bits per heavy atom. The van der Waals surface area contributed by atoms with Gasteiger partial charge in [0.25, 0.3) is 0 Å². The molecular formula is C13H12N4OS. The van der Waals surface area contributed by atoms with E-state index in [1.54, 1.807) is 30.7 Å². The number of nitrogens with zero attached hydrogens (tertiary/aromatic N) is 2. The van der Waals surface area contributed by atoms with Gasteiger partial charge in [0.2, 0.25) is 0 Å². The van der Waals surface area contributed by atoms with Crippen LogP contribution in [0.2, 0.25) is 0 Å². The number of nitrogens with two attached hydrogens (primary N) is 1. The minimum absolute atomic E-state index is 0.639. The van der Waals surface area contributed by atoms with Gasteiger partial charge in [-0.25, -0.2) is 9.97 Å². The van der Waals surface area contributed by atoms with Crippen molar-refractivity contribution in [2.75, 3.05) is 18.2 Å². The third kappa shape index (κ3) is 2.43. The fraction of sp³-hybridized carbons (Fsp3) is 0.0769. The molecule has 3 N–H and O–H groups in total. The lowest BCUT2D eigenvalue weighted by molar-refractivity contribution is 0.415. The van der Waals surface area contributed by atoms with E-state index in [0.29, 0.717) is 5.69 Å². The lowest BCUT2D eigenvalue weighted by atomic mass is 10.3. The molecule has 0 saturated carbocycles. The van der Waals surface area contributed by atoms with Crippen LogP contribution < -0.4 is 15.8 Å². The van der Waals surface area contributed by atoms with E-state index in [2.05, 4.69) is 15.3 Å². The number of thiazole rings is 1. The topological polar surface area (TPSA) is 73.1 Å². The van der Waals surface area contributed by atoms with Crippen molar-refractivity contribution in [3.8, 4) is 5.75 Å². The first-order chi connectivity index (χ1) is 9.24. The van der Waals surface area contributed by atoms with Gasteiger partial charge in [0.1, 0.15) is 11.6 Å². The molecule has 0 bridgehead atoms. The zero-order chi connectivity index (χ0) is 13.2. The van der Waals surface area contributed by atoms with E-state index < -0.39 is 0 Å².